The Balaban J connectivity index is 1.31. The molecular formula is C22H19N5O5S2. The van der Waals surface area contributed by atoms with Crippen LogP contribution in [0.5, 0.6) is 0 Å². The van der Waals surface area contributed by atoms with Crippen LogP contribution in [0.15, 0.2) is 53.6 Å². The molecule has 10 nitrogen and oxygen atoms in total. The molecule has 3 amide bonds. The molecule has 1 aromatic carbocycles. The van der Waals surface area contributed by atoms with E-state index in [0.29, 0.717) is 17.2 Å². The van der Waals surface area contributed by atoms with Crippen molar-refractivity contribution in [3.8, 4) is 0 Å². The number of nitrogens with zero attached hydrogens (tertiary/aromatic N) is 4. The van der Waals surface area contributed by atoms with Gasteiger partial charge in [-0.15, -0.1) is 11.3 Å². The van der Waals surface area contributed by atoms with Crippen molar-refractivity contribution in [1.29, 1.82) is 0 Å². The molecule has 4 heterocycles. The summed E-state index contributed by atoms with van der Waals surface area (Å²) in [6, 6.07) is 10.8. The number of amides is 3. The molecule has 12 heteroatoms. The zero-order valence-corrected chi connectivity index (χ0v) is 19.4. The highest BCUT2D eigenvalue weighted by Crippen LogP contribution is 2.32. The first-order valence-electron chi connectivity index (χ1n) is 10.5. The molecule has 0 atom stereocenters. The second kappa shape index (κ2) is 8.70. The maximum Gasteiger partial charge on any atom is 0.276 e. The molecule has 2 aliphatic rings. The molecular weight excluding hydrogens is 478 g/mol. The summed E-state index contributed by atoms with van der Waals surface area (Å²) in [6.07, 6.45) is 2.26. The Morgan fingerprint density at radius 2 is 1.74 bits per heavy atom. The molecule has 174 valence electrons. The lowest BCUT2D eigenvalue weighted by Gasteiger charge is -2.25. The molecule has 0 unspecified atom stereocenters. The van der Waals surface area contributed by atoms with Crippen LogP contribution in [-0.4, -0.2) is 47.0 Å². The van der Waals surface area contributed by atoms with Gasteiger partial charge in [0.15, 0.2) is 5.13 Å². The summed E-state index contributed by atoms with van der Waals surface area (Å²) in [5.41, 5.74) is 1.39. The van der Waals surface area contributed by atoms with E-state index < -0.39 is 10.0 Å². The minimum absolute atomic E-state index is 0.0759. The zero-order chi connectivity index (χ0) is 23.9. The van der Waals surface area contributed by atoms with Gasteiger partial charge in [-0.1, -0.05) is 6.07 Å². The number of pyridine rings is 1. The molecule has 2 aromatic heterocycles. The van der Waals surface area contributed by atoms with Gasteiger partial charge in [-0.05, 0) is 36.4 Å². The van der Waals surface area contributed by atoms with Crippen LogP contribution >= 0.6 is 11.3 Å². The number of benzene rings is 1. The molecule has 0 radical (unpaired) electrons. The molecule has 34 heavy (non-hydrogen) atoms. The van der Waals surface area contributed by atoms with Crippen LogP contribution in [0.4, 0.5) is 10.8 Å². The van der Waals surface area contributed by atoms with Gasteiger partial charge in [-0.3, -0.25) is 29.6 Å². The molecule has 1 N–H and O–H groups in total. The Kier molecular flexibility index (Phi) is 5.71. The quantitative estimate of drug-likeness (QED) is 0.535. The largest absolute Gasteiger partial charge is 0.296 e. The number of fused-ring (bicyclic) bond motifs is 1. The lowest BCUT2D eigenvalue weighted by molar-refractivity contribution is -0.121. The second-order valence-corrected chi connectivity index (χ2v) is 10.8. The monoisotopic (exact) mass is 497 g/mol. The molecule has 1 saturated heterocycles. The summed E-state index contributed by atoms with van der Waals surface area (Å²) in [7, 11) is -3.80. The smallest absolute Gasteiger partial charge is 0.276 e. The molecule has 1 fully saturated rings. The highest BCUT2D eigenvalue weighted by Gasteiger charge is 2.33. The van der Waals surface area contributed by atoms with E-state index in [9.17, 15) is 22.8 Å². The van der Waals surface area contributed by atoms with Crippen molar-refractivity contribution in [3.05, 3.63) is 64.9 Å². The van der Waals surface area contributed by atoms with Crippen LogP contribution in [0.1, 0.15) is 33.9 Å². The van der Waals surface area contributed by atoms with Gasteiger partial charge in [0.05, 0.1) is 22.8 Å². The van der Waals surface area contributed by atoms with Crippen molar-refractivity contribution in [2.45, 2.75) is 30.7 Å². The van der Waals surface area contributed by atoms with Crippen molar-refractivity contribution in [1.82, 2.24) is 14.3 Å². The normalized spacial score (nSPS) is 16.5. The molecule has 3 aromatic rings. The molecule has 0 saturated carbocycles. The van der Waals surface area contributed by atoms with Crippen molar-refractivity contribution in [2.75, 3.05) is 16.8 Å². The first-order valence-corrected chi connectivity index (χ1v) is 12.8. The molecule has 5 rings (SSSR count). The number of carbonyl (C=O) groups is 3. The minimum atomic E-state index is -3.80. The van der Waals surface area contributed by atoms with E-state index >= 15 is 0 Å². The van der Waals surface area contributed by atoms with Gasteiger partial charge in [0.2, 0.25) is 21.8 Å². The summed E-state index contributed by atoms with van der Waals surface area (Å²) in [5.74, 6) is -0.966. The standard InChI is InChI=1S/C22H19N5O5S2/c28-19-8-9-20(29)27(19)14-4-6-15(7-5-14)34(31,32)26-12-10-16-18(13-26)33-22(24-16)25-21(30)17-3-1-2-11-23-17/h1-7,11H,8-10,12-13H2,(H,24,25,30). The van der Waals surface area contributed by atoms with Crippen molar-refractivity contribution in [3.63, 3.8) is 0 Å². The van der Waals surface area contributed by atoms with Crippen LogP contribution in [0.3, 0.4) is 0 Å². The highest BCUT2D eigenvalue weighted by atomic mass is 32.2. The van der Waals surface area contributed by atoms with E-state index in [1.165, 1.54) is 46.1 Å². The third kappa shape index (κ3) is 4.11. The number of sulfonamides is 1. The van der Waals surface area contributed by atoms with E-state index in [-0.39, 0.29) is 54.2 Å². The molecule has 0 bridgehead atoms. The van der Waals surface area contributed by atoms with E-state index in [0.717, 1.165) is 15.5 Å². The van der Waals surface area contributed by atoms with Crippen LogP contribution in [0.2, 0.25) is 0 Å². The van der Waals surface area contributed by atoms with Crippen LogP contribution < -0.4 is 10.2 Å². The van der Waals surface area contributed by atoms with Crippen molar-refractivity contribution in [2.24, 2.45) is 0 Å². The zero-order valence-electron chi connectivity index (χ0n) is 17.8. The van der Waals surface area contributed by atoms with Crippen molar-refractivity contribution < 1.29 is 22.8 Å². The fraction of sp³-hybridized carbons (Fsp3) is 0.227. The highest BCUT2D eigenvalue weighted by molar-refractivity contribution is 7.89. The SMILES string of the molecule is O=C(Nc1nc2c(s1)CN(S(=O)(=O)c1ccc(N3C(=O)CCC3=O)cc1)CC2)c1ccccn1. The number of anilines is 2. The number of nitrogens with one attached hydrogen (secondary N) is 1. The molecule has 0 aliphatic carbocycles. The average molecular weight is 498 g/mol. The van der Waals surface area contributed by atoms with Gasteiger partial charge < -0.3 is 0 Å². The maximum absolute atomic E-state index is 13.2. The number of thiazole rings is 1. The lowest BCUT2D eigenvalue weighted by atomic mass is 10.2. The van der Waals surface area contributed by atoms with Gasteiger partial charge in [-0.25, -0.2) is 13.4 Å². The third-order valence-electron chi connectivity index (χ3n) is 5.60. The predicted molar refractivity (Wildman–Crippen MR) is 124 cm³/mol. The van der Waals surface area contributed by atoms with Crippen molar-refractivity contribution >= 4 is 49.9 Å². The summed E-state index contributed by atoms with van der Waals surface area (Å²) < 4.78 is 27.8. The fourth-order valence-corrected chi connectivity index (χ4v) is 6.38. The average Bonchev–Trinajstić information content (AvgIpc) is 3.40. The van der Waals surface area contributed by atoms with Gasteiger partial charge >= 0.3 is 0 Å². The van der Waals surface area contributed by atoms with Gasteiger partial charge in [0.1, 0.15) is 5.69 Å². The maximum atomic E-state index is 13.2. The number of carbonyl (C=O) groups excluding carboxylic acids is 3. The predicted octanol–water partition coefficient (Wildman–Crippen LogP) is 2.19. The Bertz CT molecular complexity index is 1370. The first kappa shape index (κ1) is 22.3. The van der Waals surface area contributed by atoms with E-state index in [2.05, 4.69) is 15.3 Å². The van der Waals surface area contributed by atoms with E-state index in [1.54, 1.807) is 18.2 Å². The Morgan fingerprint density at radius 3 is 2.41 bits per heavy atom. The summed E-state index contributed by atoms with van der Waals surface area (Å²) in [5, 5.41) is 3.11. The Morgan fingerprint density at radius 1 is 1.00 bits per heavy atom. The second-order valence-electron chi connectivity index (χ2n) is 7.76. The number of hydrogen-bond donors (Lipinski definition) is 1. The number of aromatic nitrogens is 2. The molecule has 2 aliphatic heterocycles. The minimum Gasteiger partial charge on any atom is -0.296 e. The van der Waals surface area contributed by atoms with Gasteiger partial charge in [-0.2, -0.15) is 4.31 Å². The summed E-state index contributed by atoms with van der Waals surface area (Å²) >= 11 is 1.23. The lowest BCUT2D eigenvalue weighted by Crippen LogP contribution is -2.35. The third-order valence-corrected chi connectivity index (χ3v) is 8.46. The van der Waals surface area contributed by atoms with Crippen LogP contribution in [0, 0.1) is 0 Å². The fourth-order valence-electron chi connectivity index (χ4n) is 3.87. The van der Waals surface area contributed by atoms with E-state index in [1.807, 2.05) is 0 Å². The van der Waals surface area contributed by atoms with Gasteiger partial charge in [0.25, 0.3) is 5.91 Å². The molecule has 0 spiro atoms. The Labute approximate surface area is 199 Å². The van der Waals surface area contributed by atoms with Crippen LogP contribution in [-0.2, 0) is 32.6 Å². The van der Waals surface area contributed by atoms with E-state index in [4.69, 9.17) is 0 Å². The number of hydrogen-bond acceptors (Lipinski definition) is 8. The van der Waals surface area contributed by atoms with Crippen LogP contribution in [0.25, 0.3) is 0 Å². The number of imide groups is 1. The topological polar surface area (TPSA) is 130 Å². The first-order chi connectivity index (χ1) is 16.3. The summed E-state index contributed by atoms with van der Waals surface area (Å²) in [4.78, 5) is 46.6. The Hall–Kier alpha value is -3.48. The number of rotatable bonds is 5. The summed E-state index contributed by atoms with van der Waals surface area (Å²) in [6.45, 7) is 0.386. The van der Waals surface area contributed by atoms with Gasteiger partial charge in [0, 0.05) is 36.9 Å².